The Morgan fingerprint density at radius 1 is 0.440 bits per heavy atom. The van der Waals surface area contributed by atoms with Crippen molar-refractivity contribution in [2.75, 3.05) is 0 Å². The van der Waals surface area contributed by atoms with E-state index in [1.807, 2.05) is 72.8 Å². The van der Waals surface area contributed by atoms with Crippen LogP contribution in [-0.4, -0.2) is 0 Å². The van der Waals surface area contributed by atoms with Gasteiger partial charge in [0.2, 0.25) is 0 Å². The fourth-order valence-corrected chi connectivity index (χ4v) is 4.98. The van der Waals surface area contributed by atoms with Gasteiger partial charge in [-0.2, -0.15) is 0 Å². The SMILES string of the molecule is Cc1ccc([O][Sm]([O]c2ccc(C)cc2)[O]c2ccc(C)cc2)cc1. The second-order valence-corrected chi connectivity index (χ2v) is 8.81. The second-order valence-electron chi connectivity index (χ2n) is 5.89. The molecular formula is C21H21O3Sm. The van der Waals surface area contributed by atoms with Crippen LogP contribution in [0.25, 0.3) is 0 Å². The van der Waals surface area contributed by atoms with Crippen LogP contribution in [-0.2, 0) is 0 Å². The van der Waals surface area contributed by atoms with Gasteiger partial charge in [-0.3, -0.25) is 0 Å². The minimum absolute atomic E-state index is 0.776. The average Bonchev–Trinajstić information content (AvgIpc) is 2.61. The van der Waals surface area contributed by atoms with E-state index >= 15 is 0 Å². The number of hydrogen-bond acceptors (Lipinski definition) is 3. The fraction of sp³-hybridized carbons (Fsp3) is 0.143. The molecule has 0 atom stereocenters. The van der Waals surface area contributed by atoms with Gasteiger partial charge >= 0.3 is 167 Å². The van der Waals surface area contributed by atoms with Crippen LogP contribution in [0.1, 0.15) is 16.7 Å². The first-order valence-electron chi connectivity index (χ1n) is 8.08. The molecule has 0 spiro atoms. The summed E-state index contributed by atoms with van der Waals surface area (Å²) < 4.78 is 18.3. The Kier molecular flexibility index (Phi) is 6.31. The van der Waals surface area contributed by atoms with Crippen molar-refractivity contribution in [3.8, 4) is 17.2 Å². The molecule has 0 saturated heterocycles. The Labute approximate surface area is 165 Å². The second kappa shape index (κ2) is 8.67. The molecule has 4 heteroatoms. The molecule has 0 bridgehead atoms. The molecule has 0 aliphatic carbocycles. The molecule has 0 fully saturated rings. The molecule has 0 saturated carbocycles. The number of rotatable bonds is 6. The van der Waals surface area contributed by atoms with Gasteiger partial charge in [-0.1, -0.05) is 0 Å². The summed E-state index contributed by atoms with van der Waals surface area (Å²) in [6.45, 7) is 6.15. The fourth-order valence-electron chi connectivity index (χ4n) is 2.07. The molecule has 0 aromatic heterocycles. The standard InChI is InChI=1S/3C7H8O.Sm/c3*1-6-2-4-7(8)5-3-6;/h3*2-5,8H,1H3;/q;;;+3/p-3. The predicted octanol–water partition coefficient (Wildman–Crippen LogP) is 5.51. The first kappa shape index (κ1) is 18.2. The molecule has 3 rings (SSSR count). The Morgan fingerprint density at radius 3 is 0.920 bits per heavy atom. The van der Waals surface area contributed by atoms with Crippen LogP contribution in [0.2, 0.25) is 0 Å². The van der Waals surface area contributed by atoms with Crippen molar-refractivity contribution < 1.29 is 39.4 Å². The molecule has 129 valence electrons. The first-order chi connectivity index (χ1) is 12.1. The third-order valence-electron chi connectivity index (χ3n) is 3.56. The van der Waals surface area contributed by atoms with Crippen molar-refractivity contribution >= 4 is 0 Å². The normalized spacial score (nSPS) is 10.6. The van der Waals surface area contributed by atoms with E-state index in [9.17, 15) is 0 Å². The van der Waals surface area contributed by atoms with Gasteiger partial charge in [-0.05, 0) is 0 Å². The summed E-state index contributed by atoms with van der Waals surface area (Å²) in [5.41, 5.74) is 3.57. The molecule has 0 radical (unpaired) electrons. The van der Waals surface area contributed by atoms with Gasteiger partial charge < -0.3 is 0 Å². The van der Waals surface area contributed by atoms with E-state index in [-0.39, 0.29) is 0 Å². The van der Waals surface area contributed by atoms with Gasteiger partial charge in [0.1, 0.15) is 0 Å². The van der Waals surface area contributed by atoms with Gasteiger partial charge in [0.15, 0.2) is 0 Å². The molecule has 25 heavy (non-hydrogen) atoms. The van der Waals surface area contributed by atoms with Crippen LogP contribution in [0.15, 0.2) is 72.8 Å². The van der Waals surface area contributed by atoms with Crippen molar-refractivity contribution in [2.45, 2.75) is 20.8 Å². The van der Waals surface area contributed by atoms with Crippen LogP contribution >= 0.6 is 0 Å². The third-order valence-corrected chi connectivity index (χ3v) is 6.72. The van der Waals surface area contributed by atoms with Crippen LogP contribution < -0.4 is 3.36 Å². The summed E-state index contributed by atoms with van der Waals surface area (Å²) in [7, 11) is 0. The van der Waals surface area contributed by atoms with Crippen molar-refractivity contribution in [1.29, 1.82) is 0 Å². The van der Waals surface area contributed by atoms with E-state index in [1.165, 1.54) is 16.7 Å². The summed E-state index contributed by atoms with van der Waals surface area (Å²) in [6.07, 6.45) is 0. The maximum absolute atomic E-state index is 6.09. The molecule has 3 aromatic carbocycles. The predicted molar refractivity (Wildman–Crippen MR) is 95.4 cm³/mol. The molecule has 3 nitrogen and oxygen atoms in total. The van der Waals surface area contributed by atoms with Crippen LogP contribution in [0.5, 0.6) is 17.2 Å². The van der Waals surface area contributed by atoms with E-state index in [2.05, 4.69) is 20.8 Å². The molecule has 0 amide bonds. The molecule has 0 unspecified atom stereocenters. The Balaban J connectivity index is 1.77. The summed E-state index contributed by atoms with van der Waals surface area (Å²) in [4.78, 5) is 0. The first-order valence-corrected chi connectivity index (χ1v) is 11.3. The van der Waals surface area contributed by atoms with Gasteiger partial charge in [0.25, 0.3) is 0 Å². The quantitative estimate of drug-likeness (QED) is 0.474. The van der Waals surface area contributed by atoms with Crippen molar-refractivity contribution in [1.82, 2.24) is 0 Å². The van der Waals surface area contributed by atoms with Crippen molar-refractivity contribution in [3.05, 3.63) is 89.5 Å². The van der Waals surface area contributed by atoms with Crippen molar-refractivity contribution in [3.63, 3.8) is 0 Å². The van der Waals surface area contributed by atoms with E-state index < -0.39 is 36.0 Å². The van der Waals surface area contributed by atoms with Crippen LogP contribution in [0.3, 0.4) is 0 Å². The summed E-state index contributed by atoms with van der Waals surface area (Å²) in [5.74, 6) is 2.33. The van der Waals surface area contributed by atoms with E-state index in [4.69, 9.17) is 3.36 Å². The molecule has 0 heterocycles. The zero-order valence-electron chi connectivity index (χ0n) is 14.6. The molecular weight excluding hydrogens is 451 g/mol. The monoisotopic (exact) mass is 473 g/mol. The number of hydrogen-bond donors (Lipinski definition) is 0. The van der Waals surface area contributed by atoms with Gasteiger partial charge in [0.05, 0.1) is 0 Å². The van der Waals surface area contributed by atoms with Gasteiger partial charge in [0, 0.05) is 0 Å². The molecule has 0 aliphatic heterocycles. The van der Waals surface area contributed by atoms with Gasteiger partial charge in [-0.15, -0.1) is 0 Å². The number of aryl methyl sites for hydroxylation is 3. The summed E-state index contributed by atoms with van der Waals surface area (Å²) >= 11 is -3.09. The number of benzene rings is 3. The zero-order valence-corrected chi connectivity index (χ0v) is 17.2. The van der Waals surface area contributed by atoms with Crippen LogP contribution in [0, 0.1) is 56.8 Å². The molecule has 3 aromatic rings. The van der Waals surface area contributed by atoms with Crippen molar-refractivity contribution in [2.24, 2.45) is 0 Å². The third kappa shape index (κ3) is 5.71. The summed E-state index contributed by atoms with van der Waals surface area (Å²) in [6, 6.07) is 23.8. The average molecular weight is 472 g/mol. The van der Waals surface area contributed by atoms with E-state index in [1.54, 1.807) is 0 Å². The molecule has 0 aliphatic rings. The minimum atomic E-state index is -3.09. The summed E-state index contributed by atoms with van der Waals surface area (Å²) in [5, 5.41) is 0. The van der Waals surface area contributed by atoms with E-state index in [0.717, 1.165) is 17.2 Å². The van der Waals surface area contributed by atoms with Crippen LogP contribution in [0.4, 0.5) is 0 Å². The zero-order chi connectivity index (χ0) is 17.6. The Morgan fingerprint density at radius 2 is 0.680 bits per heavy atom. The maximum atomic E-state index is 6.09. The Bertz CT molecular complexity index is 683. The molecule has 0 N–H and O–H groups in total. The Hall–Kier alpha value is -1.60. The van der Waals surface area contributed by atoms with Gasteiger partial charge in [-0.25, -0.2) is 0 Å². The topological polar surface area (TPSA) is 27.7 Å². The van der Waals surface area contributed by atoms with E-state index in [0.29, 0.717) is 0 Å².